The van der Waals surface area contributed by atoms with Gasteiger partial charge in [-0.3, -0.25) is 0 Å². The Kier molecular flexibility index (Phi) is 7.14. The van der Waals surface area contributed by atoms with Gasteiger partial charge in [0.25, 0.3) is 5.92 Å². The number of hydrogen-bond donors (Lipinski definition) is 0. The summed E-state index contributed by atoms with van der Waals surface area (Å²) in [4.78, 5) is 11.5. The summed E-state index contributed by atoms with van der Waals surface area (Å²) in [6, 6.07) is 6.45. The lowest BCUT2D eigenvalue weighted by atomic mass is 9.98. The molecule has 0 aliphatic heterocycles. The Morgan fingerprint density at radius 1 is 1.36 bits per heavy atom. The Hall–Kier alpha value is -1.79. The van der Waals surface area contributed by atoms with Crippen LogP contribution in [-0.2, 0) is 25.6 Å². The van der Waals surface area contributed by atoms with Crippen LogP contribution in [0.2, 0.25) is 0 Å². The predicted octanol–water partition coefficient (Wildman–Crippen LogP) is 3.41. The molecule has 122 valence electrons. The number of allylic oxidation sites excluding steroid dienone is 1. The van der Waals surface area contributed by atoms with Crippen molar-refractivity contribution in [1.29, 1.82) is 0 Å². The van der Waals surface area contributed by atoms with Crippen molar-refractivity contribution >= 4 is 11.5 Å². The van der Waals surface area contributed by atoms with E-state index in [9.17, 15) is 13.6 Å². The van der Waals surface area contributed by atoms with Gasteiger partial charge in [0.2, 0.25) is 0 Å². The van der Waals surface area contributed by atoms with E-state index in [2.05, 4.69) is 0 Å². The first-order valence-electron chi connectivity index (χ1n) is 6.81. The molecule has 0 saturated heterocycles. The third kappa shape index (κ3) is 5.91. The highest BCUT2D eigenvalue weighted by atomic mass is 19.3. The van der Waals surface area contributed by atoms with E-state index in [1.165, 1.54) is 13.2 Å². The molecule has 0 amide bonds. The molecule has 1 aromatic carbocycles. The minimum absolute atomic E-state index is 0.111. The van der Waals surface area contributed by atoms with Crippen LogP contribution >= 0.6 is 0 Å². The first kappa shape index (κ1) is 18.3. The van der Waals surface area contributed by atoms with E-state index in [1.807, 2.05) is 0 Å². The fraction of sp³-hybridized carbons (Fsp3) is 0.438. The highest BCUT2D eigenvalue weighted by Crippen LogP contribution is 2.32. The molecule has 0 radical (unpaired) electrons. The lowest BCUT2D eigenvalue weighted by molar-refractivity contribution is -0.137. The minimum Gasteiger partial charge on any atom is -0.463 e. The number of methoxy groups -OCH3 is 1. The molecule has 0 unspecified atom stereocenters. The second-order valence-electron chi connectivity index (χ2n) is 4.65. The second kappa shape index (κ2) is 8.60. The van der Waals surface area contributed by atoms with Crippen molar-refractivity contribution < 1.29 is 27.8 Å². The summed E-state index contributed by atoms with van der Waals surface area (Å²) in [6.45, 7) is 2.82. The fourth-order valence-electron chi connectivity index (χ4n) is 1.84. The largest absolute Gasteiger partial charge is 0.463 e. The Morgan fingerprint density at radius 2 is 2.09 bits per heavy atom. The van der Waals surface area contributed by atoms with Crippen LogP contribution in [0.1, 0.15) is 25.0 Å². The zero-order valence-electron chi connectivity index (χ0n) is 12.9. The average Bonchev–Trinajstić information content (AvgIpc) is 2.44. The molecule has 0 fully saturated rings. The van der Waals surface area contributed by atoms with Crippen molar-refractivity contribution in [1.82, 2.24) is 0 Å². The number of carbonyl (C=O) groups is 1. The number of benzene rings is 1. The molecule has 1 aromatic rings. The highest BCUT2D eigenvalue weighted by Gasteiger charge is 2.30. The van der Waals surface area contributed by atoms with Gasteiger partial charge in [-0.2, -0.15) is 0 Å². The fourth-order valence-corrected chi connectivity index (χ4v) is 1.84. The molecule has 6 heteroatoms. The van der Waals surface area contributed by atoms with Gasteiger partial charge in [0.15, 0.2) is 0 Å². The van der Waals surface area contributed by atoms with E-state index in [0.717, 1.165) is 13.0 Å². The number of hydrogen-bond acceptors (Lipinski definition) is 4. The maximum atomic E-state index is 13.8. The maximum Gasteiger partial charge on any atom is 0.331 e. The lowest BCUT2D eigenvalue weighted by Gasteiger charge is -2.16. The van der Waals surface area contributed by atoms with Gasteiger partial charge in [-0.15, -0.1) is 0 Å². The normalized spacial score (nSPS) is 12.3. The number of rotatable bonds is 8. The van der Waals surface area contributed by atoms with Crippen LogP contribution in [0.15, 0.2) is 30.3 Å². The topological polar surface area (TPSA) is 44.8 Å². The quantitative estimate of drug-likeness (QED) is 0.319. The second-order valence-corrected chi connectivity index (χ2v) is 4.65. The van der Waals surface area contributed by atoms with Crippen molar-refractivity contribution in [3.8, 4) is 0 Å². The molecule has 0 saturated carbocycles. The van der Waals surface area contributed by atoms with Gasteiger partial charge < -0.3 is 14.2 Å². The van der Waals surface area contributed by atoms with Gasteiger partial charge in [0, 0.05) is 25.7 Å². The summed E-state index contributed by atoms with van der Waals surface area (Å²) < 4.78 is 42.2. The number of ether oxygens (including phenoxy) is 3. The van der Waals surface area contributed by atoms with Crippen LogP contribution in [-0.4, -0.2) is 32.4 Å². The number of alkyl halides is 2. The first-order chi connectivity index (χ1) is 10.4. The Morgan fingerprint density at radius 3 is 2.68 bits per heavy atom. The Labute approximate surface area is 128 Å². The number of halogens is 2. The smallest absolute Gasteiger partial charge is 0.331 e. The number of esters is 1. The molecule has 0 aromatic heterocycles. The molecule has 0 bridgehead atoms. The molecule has 0 N–H and O–H groups in total. The van der Waals surface area contributed by atoms with Crippen LogP contribution in [0, 0.1) is 0 Å². The van der Waals surface area contributed by atoms with Gasteiger partial charge in [-0.1, -0.05) is 18.2 Å². The summed E-state index contributed by atoms with van der Waals surface area (Å²) in [7, 11) is 1.49. The summed E-state index contributed by atoms with van der Waals surface area (Å²) in [5.41, 5.74) is 0.562. The van der Waals surface area contributed by atoms with E-state index < -0.39 is 11.9 Å². The lowest BCUT2D eigenvalue weighted by Crippen LogP contribution is -2.15. The summed E-state index contributed by atoms with van der Waals surface area (Å²) >= 11 is 0. The maximum absolute atomic E-state index is 13.8. The van der Waals surface area contributed by atoms with E-state index in [1.54, 1.807) is 25.1 Å². The molecule has 1 rings (SSSR count). The molecule has 22 heavy (non-hydrogen) atoms. The Balaban J connectivity index is 3.05. The molecule has 0 heterocycles. The van der Waals surface area contributed by atoms with Gasteiger partial charge in [-0.25, -0.2) is 13.6 Å². The first-order valence-corrected chi connectivity index (χ1v) is 6.81. The van der Waals surface area contributed by atoms with Gasteiger partial charge >= 0.3 is 5.97 Å². The molecule has 0 aliphatic carbocycles. The monoisotopic (exact) mass is 314 g/mol. The van der Waals surface area contributed by atoms with Gasteiger partial charge in [0.05, 0.1) is 13.2 Å². The van der Waals surface area contributed by atoms with Crippen LogP contribution in [0.25, 0.3) is 5.57 Å². The summed E-state index contributed by atoms with van der Waals surface area (Å²) in [5.74, 6) is -3.96. The molecular weight excluding hydrogens is 294 g/mol. The standard InChI is InChI=1S/C16H20F2O4/c1-4-22-15(19)9-14(16(2,17)18)13-7-5-6-12(8-13)10-21-11-20-3/h5-9H,4,10-11H2,1-3H3. The van der Waals surface area contributed by atoms with Crippen LogP contribution in [0.4, 0.5) is 8.78 Å². The van der Waals surface area contributed by atoms with Crippen molar-refractivity contribution in [2.45, 2.75) is 26.4 Å². The van der Waals surface area contributed by atoms with Crippen LogP contribution in [0.3, 0.4) is 0 Å². The van der Waals surface area contributed by atoms with E-state index in [4.69, 9.17) is 14.2 Å². The van der Waals surface area contributed by atoms with E-state index >= 15 is 0 Å². The minimum atomic E-state index is -3.17. The SMILES string of the molecule is CCOC(=O)C=C(c1cccc(COCOC)c1)C(C)(F)F. The summed E-state index contributed by atoms with van der Waals surface area (Å²) in [5, 5.41) is 0. The summed E-state index contributed by atoms with van der Waals surface area (Å²) in [6.07, 6.45) is 0.832. The Bertz CT molecular complexity index is 521. The van der Waals surface area contributed by atoms with Gasteiger partial charge in [-0.05, 0) is 24.1 Å². The van der Waals surface area contributed by atoms with Crippen molar-refractivity contribution in [3.63, 3.8) is 0 Å². The number of carbonyl (C=O) groups excluding carboxylic acids is 1. The van der Waals surface area contributed by atoms with Crippen molar-refractivity contribution in [2.24, 2.45) is 0 Å². The van der Waals surface area contributed by atoms with Crippen LogP contribution in [0.5, 0.6) is 0 Å². The zero-order chi connectivity index (χ0) is 16.6. The molecule has 0 atom stereocenters. The predicted molar refractivity (Wildman–Crippen MR) is 78.3 cm³/mol. The molecule has 0 spiro atoms. The third-order valence-corrected chi connectivity index (χ3v) is 2.73. The van der Waals surface area contributed by atoms with Gasteiger partial charge in [0.1, 0.15) is 6.79 Å². The molecule has 0 aliphatic rings. The highest BCUT2D eigenvalue weighted by molar-refractivity contribution is 5.93. The van der Waals surface area contributed by atoms with E-state index in [0.29, 0.717) is 5.56 Å². The zero-order valence-corrected chi connectivity index (χ0v) is 12.9. The van der Waals surface area contributed by atoms with Crippen molar-refractivity contribution in [2.75, 3.05) is 20.5 Å². The average molecular weight is 314 g/mol. The van der Waals surface area contributed by atoms with Crippen molar-refractivity contribution in [3.05, 3.63) is 41.5 Å². The third-order valence-electron chi connectivity index (χ3n) is 2.73. The van der Waals surface area contributed by atoms with Crippen LogP contribution < -0.4 is 0 Å². The molecular formula is C16H20F2O4. The van der Waals surface area contributed by atoms with E-state index in [-0.39, 0.29) is 31.1 Å². The molecule has 4 nitrogen and oxygen atoms in total.